The van der Waals surface area contributed by atoms with E-state index in [2.05, 4.69) is 38.3 Å². The van der Waals surface area contributed by atoms with E-state index in [0.29, 0.717) is 19.0 Å². The van der Waals surface area contributed by atoms with Crippen molar-refractivity contribution < 1.29 is 9.53 Å². The van der Waals surface area contributed by atoms with Gasteiger partial charge in [-0.1, -0.05) is 6.92 Å². The monoisotopic (exact) mass is 258 g/mol. The molecule has 0 saturated heterocycles. The first-order valence-electron chi connectivity index (χ1n) is 6.88. The molecule has 0 aliphatic rings. The van der Waals surface area contributed by atoms with E-state index in [1.807, 2.05) is 6.92 Å². The van der Waals surface area contributed by atoms with Gasteiger partial charge in [-0.15, -0.1) is 0 Å². The van der Waals surface area contributed by atoms with Crippen LogP contribution in [0.15, 0.2) is 0 Å². The Labute approximate surface area is 112 Å². The van der Waals surface area contributed by atoms with Gasteiger partial charge < -0.3 is 15.4 Å². The fourth-order valence-corrected chi connectivity index (χ4v) is 1.77. The van der Waals surface area contributed by atoms with Crippen LogP contribution in [0.25, 0.3) is 0 Å². The van der Waals surface area contributed by atoms with Gasteiger partial charge in [-0.05, 0) is 40.5 Å². The number of amides is 1. The van der Waals surface area contributed by atoms with Crippen molar-refractivity contribution in [3.05, 3.63) is 0 Å². The van der Waals surface area contributed by atoms with Crippen LogP contribution in [0.2, 0.25) is 0 Å². The molecule has 0 aliphatic carbocycles. The highest BCUT2D eigenvalue weighted by molar-refractivity contribution is 5.76. The summed E-state index contributed by atoms with van der Waals surface area (Å²) in [5.74, 6) is 0.120. The number of rotatable bonds is 9. The Bertz CT molecular complexity index is 242. The minimum atomic E-state index is -0.120. The van der Waals surface area contributed by atoms with Gasteiger partial charge in [0.1, 0.15) is 0 Å². The van der Waals surface area contributed by atoms with E-state index in [1.54, 1.807) is 7.11 Å². The Morgan fingerprint density at radius 1 is 1.28 bits per heavy atom. The molecule has 0 aliphatic heterocycles. The summed E-state index contributed by atoms with van der Waals surface area (Å²) in [7, 11) is 1.73. The smallest absolute Gasteiger partial charge is 0.221 e. The van der Waals surface area contributed by atoms with E-state index in [1.165, 1.54) is 0 Å². The minimum Gasteiger partial charge on any atom is -0.379 e. The molecule has 0 rings (SSSR count). The molecule has 0 radical (unpaired) electrons. The number of hydrogen-bond donors (Lipinski definition) is 2. The van der Waals surface area contributed by atoms with Gasteiger partial charge in [-0.25, -0.2) is 0 Å². The Balaban J connectivity index is 3.74. The molecular formula is C14H30N2O2. The molecule has 4 heteroatoms. The highest BCUT2D eigenvalue weighted by Gasteiger charge is 2.19. The first kappa shape index (κ1) is 17.4. The van der Waals surface area contributed by atoms with Gasteiger partial charge in [0, 0.05) is 32.2 Å². The lowest BCUT2D eigenvalue weighted by Crippen LogP contribution is -2.38. The molecule has 0 heterocycles. The fraction of sp³-hybridized carbons (Fsp3) is 0.929. The first-order valence-corrected chi connectivity index (χ1v) is 6.88. The number of hydrogen-bond acceptors (Lipinski definition) is 3. The summed E-state index contributed by atoms with van der Waals surface area (Å²) in [4.78, 5) is 11.6. The Morgan fingerprint density at radius 2 is 1.89 bits per heavy atom. The predicted molar refractivity (Wildman–Crippen MR) is 75.7 cm³/mol. The maximum Gasteiger partial charge on any atom is 0.221 e. The fourth-order valence-electron chi connectivity index (χ4n) is 1.77. The summed E-state index contributed by atoms with van der Waals surface area (Å²) < 4.78 is 5.38. The largest absolute Gasteiger partial charge is 0.379 e. The second-order valence-electron chi connectivity index (χ2n) is 5.65. The van der Waals surface area contributed by atoms with Gasteiger partial charge in [0.15, 0.2) is 0 Å². The molecule has 0 fully saturated rings. The quantitative estimate of drug-likeness (QED) is 0.666. The lowest BCUT2D eigenvalue weighted by atomic mass is 10.00. The molecule has 2 unspecified atom stereocenters. The lowest BCUT2D eigenvalue weighted by Gasteiger charge is -2.27. The van der Waals surface area contributed by atoms with Crippen LogP contribution in [-0.2, 0) is 9.53 Å². The SMILES string of the molecule is CCC(C)NC(=O)CCNC(C)CC(C)(C)OC. The first-order chi connectivity index (χ1) is 8.30. The summed E-state index contributed by atoms with van der Waals surface area (Å²) in [5, 5.41) is 6.31. The van der Waals surface area contributed by atoms with Crippen molar-refractivity contribution in [2.24, 2.45) is 0 Å². The van der Waals surface area contributed by atoms with Crippen LogP contribution >= 0.6 is 0 Å². The molecule has 2 atom stereocenters. The number of ether oxygens (including phenoxy) is 1. The molecule has 2 N–H and O–H groups in total. The Morgan fingerprint density at radius 3 is 2.39 bits per heavy atom. The van der Waals surface area contributed by atoms with Crippen LogP contribution in [0.4, 0.5) is 0 Å². The summed E-state index contributed by atoms with van der Waals surface area (Å²) in [6, 6.07) is 0.610. The number of nitrogens with one attached hydrogen (secondary N) is 2. The lowest BCUT2D eigenvalue weighted by molar-refractivity contribution is -0.121. The van der Waals surface area contributed by atoms with Crippen molar-refractivity contribution in [3.63, 3.8) is 0 Å². The van der Waals surface area contributed by atoms with Gasteiger partial charge in [-0.2, -0.15) is 0 Å². The van der Waals surface area contributed by atoms with Gasteiger partial charge in [0.05, 0.1) is 5.60 Å². The van der Waals surface area contributed by atoms with Gasteiger partial charge in [0.2, 0.25) is 5.91 Å². The van der Waals surface area contributed by atoms with E-state index in [9.17, 15) is 4.79 Å². The predicted octanol–water partition coefficient (Wildman–Crippen LogP) is 2.08. The second kappa shape index (κ2) is 8.48. The Hall–Kier alpha value is -0.610. The molecule has 0 aromatic carbocycles. The molecule has 0 aromatic heterocycles. The van der Waals surface area contributed by atoms with Crippen molar-refractivity contribution >= 4 is 5.91 Å². The van der Waals surface area contributed by atoms with Crippen molar-refractivity contribution in [2.75, 3.05) is 13.7 Å². The van der Waals surface area contributed by atoms with Crippen molar-refractivity contribution in [1.82, 2.24) is 10.6 Å². The molecule has 4 nitrogen and oxygen atoms in total. The third-order valence-corrected chi connectivity index (χ3v) is 3.21. The summed E-state index contributed by atoms with van der Waals surface area (Å²) in [5.41, 5.74) is -0.120. The average Bonchev–Trinajstić information content (AvgIpc) is 2.28. The maximum atomic E-state index is 11.6. The normalized spacial score (nSPS) is 15.2. The van der Waals surface area contributed by atoms with Gasteiger partial charge >= 0.3 is 0 Å². The summed E-state index contributed by atoms with van der Waals surface area (Å²) in [6.45, 7) is 11.1. The van der Waals surface area contributed by atoms with Crippen molar-refractivity contribution in [1.29, 1.82) is 0 Å². The van der Waals surface area contributed by atoms with Crippen LogP contribution in [0, 0.1) is 0 Å². The van der Waals surface area contributed by atoms with E-state index in [0.717, 1.165) is 12.8 Å². The van der Waals surface area contributed by atoms with Gasteiger partial charge in [0.25, 0.3) is 0 Å². The molecule has 0 bridgehead atoms. The average molecular weight is 258 g/mol. The van der Waals surface area contributed by atoms with Crippen molar-refractivity contribution in [2.45, 2.75) is 71.6 Å². The van der Waals surface area contributed by atoms with E-state index in [-0.39, 0.29) is 17.6 Å². The standard InChI is InChI=1S/C14H30N2O2/c1-7-11(2)16-13(17)8-9-15-12(3)10-14(4,5)18-6/h11-12,15H,7-10H2,1-6H3,(H,16,17). The van der Waals surface area contributed by atoms with Crippen LogP contribution in [0.3, 0.4) is 0 Å². The molecular weight excluding hydrogens is 228 g/mol. The molecule has 18 heavy (non-hydrogen) atoms. The zero-order valence-electron chi connectivity index (χ0n) is 12.8. The molecule has 0 spiro atoms. The molecule has 0 aromatic rings. The second-order valence-corrected chi connectivity index (χ2v) is 5.65. The topological polar surface area (TPSA) is 50.4 Å². The van der Waals surface area contributed by atoms with Crippen LogP contribution < -0.4 is 10.6 Å². The highest BCUT2D eigenvalue weighted by Crippen LogP contribution is 2.15. The zero-order valence-corrected chi connectivity index (χ0v) is 12.8. The number of carbonyl (C=O) groups excluding carboxylic acids is 1. The third-order valence-electron chi connectivity index (χ3n) is 3.21. The Kier molecular flexibility index (Phi) is 8.20. The maximum absolute atomic E-state index is 11.6. The molecule has 108 valence electrons. The zero-order chi connectivity index (χ0) is 14.2. The van der Waals surface area contributed by atoms with Crippen LogP contribution in [0.5, 0.6) is 0 Å². The molecule has 0 saturated carbocycles. The van der Waals surface area contributed by atoms with E-state index in [4.69, 9.17) is 4.74 Å². The number of methoxy groups -OCH3 is 1. The summed E-state index contributed by atoms with van der Waals surface area (Å²) in [6.07, 6.45) is 2.43. The minimum absolute atomic E-state index is 0.120. The molecule has 1 amide bonds. The summed E-state index contributed by atoms with van der Waals surface area (Å²) >= 11 is 0. The van der Waals surface area contributed by atoms with E-state index < -0.39 is 0 Å². The number of carbonyl (C=O) groups is 1. The van der Waals surface area contributed by atoms with E-state index >= 15 is 0 Å². The third kappa shape index (κ3) is 8.48. The van der Waals surface area contributed by atoms with Crippen LogP contribution in [0.1, 0.15) is 53.9 Å². The van der Waals surface area contributed by atoms with Crippen LogP contribution in [-0.4, -0.2) is 37.2 Å². The highest BCUT2D eigenvalue weighted by atomic mass is 16.5. The van der Waals surface area contributed by atoms with Crippen molar-refractivity contribution in [3.8, 4) is 0 Å². The van der Waals surface area contributed by atoms with Gasteiger partial charge in [-0.3, -0.25) is 4.79 Å².